The van der Waals surface area contributed by atoms with E-state index in [1.807, 2.05) is 0 Å². The number of methoxy groups -OCH3 is 1. The molecule has 0 aromatic carbocycles. The Morgan fingerprint density at radius 2 is 1.66 bits per heavy atom. The summed E-state index contributed by atoms with van der Waals surface area (Å²) < 4.78 is 31.7. The van der Waals surface area contributed by atoms with E-state index in [4.69, 9.17) is 4.74 Å². The summed E-state index contributed by atoms with van der Waals surface area (Å²) in [6.45, 7) is 13.6. The van der Waals surface area contributed by atoms with E-state index in [0.717, 1.165) is 45.2 Å². The quantitative estimate of drug-likeness (QED) is 0.286. The van der Waals surface area contributed by atoms with Crippen LogP contribution in [0.4, 0.5) is 0 Å². The Kier molecular flexibility index (Phi) is 9.31. The zero-order valence-corrected chi connectivity index (χ0v) is 26.0. The molecule has 0 saturated heterocycles. The number of carbonyl (C=O) groups is 1. The molecule has 4 aliphatic rings. The third-order valence-corrected chi connectivity index (χ3v) is 13.7. The lowest BCUT2D eigenvalue weighted by molar-refractivity contribution is -0.141. The number of rotatable bonds is 10. The van der Waals surface area contributed by atoms with Gasteiger partial charge in [0.05, 0.1) is 12.4 Å². The second-order valence-electron chi connectivity index (χ2n) is 14.5. The van der Waals surface area contributed by atoms with Gasteiger partial charge in [0, 0.05) is 37.8 Å². The molecule has 220 valence electrons. The lowest BCUT2D eigenvalue weighted by Gasteiger charge is -2.63. The third kappa shape index (κ3) is 5.86. The van der Waals surface area contributed by atoms with Gasteiger partial charge in [-0.1, -0.05) is 34.6 Å². The molecule has 0 amide bonds. The number of nitrogens with one attached hydrogen (secondary N) is 2. The van der Waals surface area contributed by atoms with Crippen LogP contribution < -0.4 is 10.6 Å². The van der Waals surface area contributed by atoms with Gasteiger partial charge in [-0.15, -0.1) is 0 Å². The van der Waals surface area contributed by atoms with Crippen molar-refractivity contribution in [1.29, 1.82) is 0 Å². The lowest BCUT2D eigenvalue weighted by atomic mass is 9.44. The molecule has 38 heavy (non-hydrogen) atoms. The summed E-state index contributed by atoms with van der Waals surface area (Å²) in [5, 5.41) is 7.09. The number of hydrogen-bond acceptors (Lipinski definition) is 6. The van der Waals surface area contributed by atoms with Crippen molar-refractivity contribution in [2.75, 3.05) is 26.5 Å². The molecule has 0 radical (unpaired) electrons. The summed E-state index contributed by atoms with van der Waals surface area (Å²) in [5.74, 6) is 2.63. The average Bonchev–Trinajstić information content (AvgIpc) is 3.21. The summed E-state index contributed by atoms with van der Waals surface area (Å²) >= 11 is 0. The van der Waals surface area contributed by atoms with Crippen LogP contribution in [0.5, 0.6) is 0 Å². The van der Waals surface area contributed by atoms with Crippen LogP contribution in [0.1, 0.15) is 98.8 Å². The van der Waals surface area contributed by atoms with Crippen molar-refractivity contribution in [2.24, 2.45) is 46.3 Å². The summed E-state index contributed by atoms with van der Waals surface area (Å²) in [7, 11) is -1.67. The topological polar surface area (TPSA) is 84.5 Å². The van der Waals surface area contributed by atoms with Crippen LogP contribution in [0, 0.1) is 46.3 Å². The maximum atomic E-state index is 13.4. The Balaban J connectivity index is 1.52. The zero-order valence-electron chi connectivity index (χ0n) is 25.2. The molecule has 0 aromatic rings. The van der Waals surface area contributed by atoms with Gasteiger partial charge in [0.25, 0.3) is 0 Å². The van der Waals surface area contributed by atoms with E-state index < -0.39 is 9.84 Å². The van der Waals surface area contributed by atoms with E-state index in [-0.39, 0.29) is 28.0 Å². The molecule has 5 unspecified atom stereocenters. The van der Waals surface area contributed by atoms with Gasteiger partial charge in [-0.3, -0.25) is 4.79 Å². The highest BCUT2D eigenvalue weighted by atomic mass is 32.2. The standard InChI is InChI=1S/C31H56N2O4S/c1-20(2)32-16-17-33-23-12-14-30(4)22(18-23)19-27(38(7,35)36)29-25-10-9-24(21(3)8-11-28(34)37-6)31(25,5)15-13-26(29)30/h20-27,29,32-33H,8-19H2,1-7H3/t21-,22-,23?,24-,25?,26?,27?,29?,30+,31-/m1/s1. The molecule has 0 heterocycles. The van der Waals surface area contributed by atoms with Gasteiger partial charge in [0.2, 0.25) is 0 Å². The summed E-state index contributed by atoms with van der Waals surface area (Å²) in [4.78, 5) is 11.8. The van der Waals surface area contributed by atoms with E-state index in [0.29, 0.717) is 48.1 Å². The van der Waals surface area contributed by atoms with Gasteiger partial charge in [-0.2, -0.15) is 0 Å². The Bertz CT molecular complexity index is 938. The first-order chi connectivity index (χ1) is 17.8. The molecule has 4 aliphatic carbocycles. The van der Waals surface area contributed by atoms with Crippen molar-refractivity contribution in [3.8, 4) is 0 Å². The normalized spacial score (nSPS) is 41.7. The molecular weight excluding hydrogens is 496 g/mol. The van der Waals surface area contributed by atoms with Gasteiger partial charge in [0.1, 0.15) is 0 Å². The molecule has 6 nitrogen and oxygen atoms in total. The molecule has 0 spiro atoms. The van der Waals surface area contributed by atoms with E-state index >= 15 is 0 Å². The van der Waals surface area contributed by atoms with Crippen LogP contribution in [0.2, 0.25) is 0 Å². The molecule has 0 bridgehead atoms. The van der Waals surface area contributed by atoms with Gasteiger partial charge in [0.15, 0.2) is 9.84 Å². The summed E-state index contributed by atoms with van der Waals surface area (Å²) in [5.41, 5.74) is 0.418. The van der Waals surface area contributed by atoms with E-state index in [2.05, 4.69) is 45.3 Å². The average molecular weight is 553 g/mol. The molecule has 0 aliphatic heterocycles. The minimum absolute atomic E-state index is 0.120. The molecule has 7 heteroatoms. The van der Waals surface area contributed by atoms with E-state index in [1.54, 1.807) is 0 Å². The predicted molar refractivity (Wildman–Crippen MR) is 155 cm³/mol. The molecule has 10 atom stereocenters. The maximum absolute atomic E-state index is 13.4. The van der Waals surface area contributed by atoms with Crippen LogP contribution in [0.3, 0.4) is 0 Å². The second kappa shape index (κ2) is 11.7. The van der Waals surface area contributed by atoms with Crippen LogP contribution in [-0.2, 0) is 19.4 Å². The Labute approximate surface area is 233 Å². The molecule has 4 rings (SSSR count). The minimum atomic E-state index is -3.14. The Hall–Kier alpha value is -0.660. The van der Waals surface area contributed by atoms with Gasteiger partial charge in [-0.05, 0) is 104 Å². The monoisotopic (exact) mass is 552 g/mol. The first kappa shape index (κ1) is 30.3. The van der Waals surface area contributed by atoms with Crippen molar-refractivity contribution < 1.29 is 17.9 Å². The SMILES string of the molecule is COC(=O)CC[C@@H](C)[C@H]1CCC2C3C(CC[C@@]21C)[C@@]1(C)CCC(NCCNC(C)C)C[C@@H]1CC3S(C)(=O)=O. The van der Waals surface area contributed by atoms with Crippen molar-refractivity contribution in [3.05, 3.63) is 0 Å². The highest BCUT2D eigenvalue weighted by Gasteiger charge is 2.64. The molecule has 2 N–H and O–H groups in total. The fourth-order valence-corrected chi connectivity index (χ4v) is 11.6. The van der Waals surface area contributed by atoms with Gasteiger partial charge in [-0.25, -0.2) is 8.42 Å². The fraction of sp³-hybridized carbons (Fsp3) is 0.968. The minimum Gasteiger partial charge on any atom is -0.469 e. The zero-order chi connectivity index (χ0) is 27.9. The number of carbonyl (C=O) groups excluding carboxylic acids is 1. The fourth-order valence-electron chi connectivity index (χ4n) is 10.1. The number of sulfone groups is 1. The largest absolute Gasteiger partial charge is 0.469 e. The molecular formula is C31H56N2O4S. The van der Waals surface area contributed by atoms with Crippen molar-refractivity contribution >= 4 is 15.8 Å². The predicted octanol–water partition coefficient (Wildman–Crippen LogP) is 5.21. The van der Waals surface area contributed by atoms with E-state index in [1.165, 1.54) is 39.0 Å². The van der Waals surface area contributed by atoms with Gasteiger partial charge < -0.3 is 15.4 Å². The maximum Gasteiger partial charge on any atom is 0.305 e. The number of ether oxygens (including phenoxy) is 1. The molecule has 4 saturated carbocycles. The van der Waals surface area contributed by atoms with Crippen molar-refractivity contribution in [2.45, 2.75) is 116 Å². The van der Waals surface area contributed by atoms with E-state index in [9.17, 15) is 13.2 Å². The summed E-state index contributed by atoms with van der Waals surface area (Å²) in [6.07, 6.45) is 11.9. The highest BCUT2D eigenvalue weighted by Crippen LogP contribution is 2.69. The van der Waals surface area contributed by atoms with Crippen LogP contribution >= 0.6 is 0 Å². The third-order valence-electron chi connectivity index (χ3n) is 12.1. The Morgan fingerprint density at radius 1 is 0.974 bits per heavy atom. The van der Waals surface area contributed by atoms with Crippen molar-refractivity contribution in [1.82, 2.24) is 10.6 Å². The number of fused-ring (bicyclic) bond motifs is 5. The highest BCUT2D eigenvalue weighted by molar-refractivity contribution is 7.91. The molecule has 0 aromatic heterocycles. The number of esters is 1. The first-order valence-corrected chi connectivity index (χ1v) is 17.5. The second-order valence-corrected chi connectivity index (χ2v) is 16.7. The molecule has 4 fully saturated rings. The Morgan fingerprint density at radius 3 is 2.32 bits per heavy atom. The van der Waals surface area contributed by atoms with Crippen molar-refractivity contribution in [3.63, 3.8) is 0 Å². The lowest BCUT2D eigenvalue weighted by Crippen LogP contribution is -2.60. The van der Waals surface area contributed by atoms with Crippen LogP contribution in [-0.4, -0.2) is 58.2 Å². The van der Waals surface area contributed by atoms with Crippen LogP contribution in [0.25, 0.3) is 0 Å². The first-order valence-electron chi connectivity index (χ1n) is 15.5. The van der Waals surface area contributed by atoms with Gasteiger partial charge >= 0.3 is 5.97 Å². The summed E-state index contributed by atoms with van der Waals surface area (Å²) in [6, 6.07) is 0.999. The number of hydrogen-bond donors (Lipinski definition) is 2. The smallest absolute Gasteiger partial charge is 0.305 e. The van der Waals surface area contributed by atoms with Crippen LogP contribution in [0.15, 0.2) is 0 Å².